The third-order valence-electron chi connectivity index (χ3n) is 2.19. The molecule has 1 aliphatic rings. The lowest BCUT2D eigenvalue weighted by molar-refractivity contribution is -0.141. The number of hydrogen-bond acceptors (Lipinski definition) is 2. The van der Waals surface area contributed by atoms with Crippen LogP contribution in [0.25, 0.3) is 0 Å². The molecule has 0 aromatic rings. The Balaban J connectivity index is 2.83. The lowest BCUT2D eigenvalue weighted by atomic mass is 10.00. The molecule has 0 saturated carbocycles. The molecule has 0 aromatic carbocycles. The summed E-state index contributed by atoms with van der Waals surface area (Å²) >= 11 is 0. The van der Waals surface area contributed by atoms with Crippen LogP contribution in [-0.4, -0.2) is 35.3 Å². The number of piperazine rings is 1. The van der Waals surface area contributed by atoms with Crippen molar-refractivity contribution in [2.24, 2.45) is 0 Å². The fourth-order valence-corrected chi connectivity index (χ4v) is 1.31. The average molecular weight is 182 g/mol. The van der Waals surface area contributed by atoms with Crippen molar-refractivity contribution in [1.82, 2.24) is 10.2 Å². The van der Waals surface area contributed by atoms with Crippen molar-refractivity contribution in [3.63, 3.8) is 0 Å². The SMILES string of the molecule is C=CC(=O)N1CC(=O)NCC1(C)C. The predicted octanol–water partition coefficient (Wildman–Crippen LogP) is -0.0906. The third-order valence-corrected chi connectivity index (χ3v) is 2.19. The molecule has 13 heavy (non-hydrogen) atoms. The van der Waals surface area contributed by atoms with Gasteiger partial charge in [-0.3, -0.25) is 9.59 Å². The molecule has 0 atom stereocenters. The quantitative estimate of drug-likeness (QED) is 0.576. The van der Waals surface area contributed by atoms with Gasteiger partial charge in [-0.25, -0.2) is 0 Å². The second-order valence-electron chi connectivity index (χ2n) is 3.72. The van der Waals surface area contributed by atoms with Gasteiger partial charge in [-0.15, -0.1) is 0 Å². The Morgan fingerprint density at radius 3 is 2.85 bits per heavy atom. The van der Waals surface area contributed by atoms with Crippen molar-refractivity contribution >= 4 is 11.8 Å². The van der Waals surface area contributed by atoms with E-state index in [0.717, 1.165) is 0 Å². The lowest BCUT2D eigenvalue weighted by Gasteiger charge is -2.41. The molecule has 0 bridgehead atoms. The van der Waals surface area contributed by atoms with Gasteiger partial charge in [0.25, 0.3) is 0 Å². The predicted molar refractivity (Wildman–Crippen MR) is 49.0 cm³/mol. The maximum atomic E-state index is 11.4. The highest BCUT2D eigenvalue weighted by atomic mass is 16.2. The number of amides is 2. The van der Waals surface area contributed by atoms with E-state index in [4.69, 9.17) is 0 Å². The van der Waals surface area contributed by atoms with Crippen LogP contribution in [0.2, 0.25) is 0 Å². The minimum Gasteiger partial charge on any atom is -0.352 e. The molecule has 1 aliphatic heterocycles. The summed E-state index contributed by atoms with van der Waals surface area (Å²) in [6.45, 7) is 7.84. The Bertz CT molecular complexity index is 258. The van der Waals surface area contributed by atoms with Gasteiger partial charge in [-0.05, 0) is 19.9 Å². The number of carbonyl (C=O) groups excluding carboxylic acids is 2. The highest BCUT2D eigenvalue weighted by Crippen LogP contribution is 2.16. The molecule has 0 unspecified atom stereocenters. The van der Waals surface area contributed by atoms with Crippen LogP contribution in [0.15, 0.2) is 12.7 Å². The van der Waals surface area contributed by atoms with Crippen molar-refractivity contribution in [3.8, 4) is 0 Å². The molecule has 1 rings (SSSR count). The van der Waals surface area contributed by atoms with Gasteiger partial charge < -0.3 is 10.2 Å². The zero-order valence-corrected chi connectivity index (χ0v) is 7.96. The zero-order chi connectivity index (χ0) is 10.1. The molecule has 1 N–H and O–H groups in total. The lowest BCUT2D eigenvalue weighted by Crippen LogP contribution is -2.61. The molecule has 0 spiro atoms. The minimum atomic E-state index is -0.320. The van der Waals surface area contributed by atoms with E-state index in [1.165, 1.54) is 11.0 Å². The fraction of sp³-hybridized carbons (Fsp3) is 0.556. The van der Waals surface area contributed by atoms with Crippen LogP contribution in [-0.2, 0) is 9.59 Å². The van der Waals surface area contributed by atoms with E-state index in [1.54, 1.807) is 0 Å². The van der Waals surface area contributed by atoms with E-state index in [0.29, 0.717) is 6.54 Å². The number of nitrogens with zero attached hydrogens (tertiary/aromatic N) is 1. The zero-order valence-electron chi connectivity index (χ0n) is 7.96. The van der Waals surface area contributed by atoms with E-state index in [9.17, 15) is 9.59 Å². The Morgan fingerprint density at radius 2 is 2.31 bits per heavy atom. The van der Waals surface area contributed by atoms with Crippen molar-refractivity contribution < 1.29 is 9.59 Å². The first kappa shape index (κ1) is 9.77. The number of rotatable bonds is 1. The third kappa shape index (κ3) is 1.88. The smallest absolute Gasteiger partial charge is 0.246 e. The van der Waals surface area contributed by atoms with Gasteiger partial charge in [-0.2, -0.15) is 0 Å². The molecule has 2 amide bonds. The summed E-state index contributed by atoms with van der Waals surface area (Å²) in [5, 5.41) is 2.71. The van der Waals surface area contributed by atoms with Crippen molar-refractivity contribution in [3.05, 3.63) is 12.7 Å². The first-order valence-electron chi connectivity index (χ1n) is 4.18. The summed E-state index contributed by atoms with van der Waals surface area (Å²) in [5.74, 6) is -0.311. The molecule has 4 heteroatoms. The van der Waals surface area contributed by atoms with Crippen LogP contribution in [0.5, 0.6) is 0 Å². The summed E-state index contributed by atoms with van der Waals surface area (Å²) in [7, 11) is 0. The largest absolute Gasteiger partial charge is 0.352 e. The summed E-state index contributed by atoms with van der Waals surface area (Å²) in [5.41, 5.74) is -0.320. The second kappa shape index (κ2) is 3.20. The van der Waals surface area contributed by atoms with Gasteiger partial charge in [0.15, 0.2) is 0 Å². The van der Waals surface area contributed by atoms with E-state index in [-0.39, 0.29) is 23.9 Å². The Hall–Kier alpha value is -1.32. The highest BCUT2D eigenvalue weighted by Gasteiger charge is 2.35. The Morgan fingerprint density at radius 1 is 1.69 bits per heavy atom. The van der Waals surface area contributed by atoms with E-state index in [2.05, 4.69) is 11.9 Å². The number of carbonyl (C=O) groups is 2. The van der Waals surface area contributed by atoms with Gasteiger partial charge in [0.1, 0.15) is 6.54 Å². The Labute approximate surface area is 77.6 Å². The second-order valence-corrected chi connectivity index (χ2v) is 3.72. The molecule has 0 aliphatic carbocycles. The van der Waals surface area contributed by atoms with E-state index >= 15 is 0 Å². The minimum absolute atomic E-state index is 0.116. The number of nitrogens with one attached hydrogen (secondary N) is 1. The van der Waals surface area contributed by atoms with Crippen LogP contribution >= 0.6 is 0 Å². The summed E-state index contributed by atoms with van der Waals surface area (Å²) < 4.78 is 0. The first-order valence-corrected chi connectivity index (χ1v) is 4.18. The molecule has 1 fully saturated rings. The highest BCUT2D eigenvalue weighted by molar-refractivity contribution is 5.92. The molecular formula is C9H14N2O2. The molecule has 72 valence electrons. The van der Waals surface area contributed by atoms with Gasteiger partial charge in [0.2, 0.25) is 11.8 Å². The monoisotopic (exact) mass is 182 g/mol. The van der Waals surface area contributed by atoms with Crippen LogP contribution in [0, 0.1) is 0 Å². The van der Waals surface area contributed by atoms with Gasteiger partial charge in [0, 0.05) is 6.54 Å². The van der Waals surface area contributed by atoms with E-state index < -0.39 is 0 Å². The van der Waals surface area contributed by atoms with Crippen molar-refractivity contribution in [2.45, 2.75) is 19.4 Å². The average Bonchev–Trinajstić information content (AvgIpc) is 2.08. The van der Waals surface area contributed by atoms with Crippen molar-refractivity contribution in [1.29, 1.82) is 0 Å². The normalized spacial score (nSPS) is 20.8. The maximum absolute atomic E-state index is 11.4. The topological polar surface area (TPSA) is 49.4 Å². The summed E-state index contributed by atoms with van der Waals surface area (Å²) in [6.07, 6.45) is 1.24. The van der Waals surface area contributed by atoms with Crippen molar-refractivity contribution in [2.75, 3.05) is 13.1 Å². The Kier molecular flexibility index (Phi) is 2.40. The molecule has 1 heterocycles. The fourth-order valence-electron chi connectivity index (χ4n) is 1.31. The van der Waals surface area contributed by atoms with Crippen LogP contribution in [0.4, 0.5) is 0 Å². The molecule has 0 radical (unpaired) electrons. The van der Waals surface area contributed by atoms with E-state index in [1.807, 2.05) is 13.8 Å². The molecule has 4 nitrogen and oxygen atoms in total. The molecule has 1 saturated heterocycles. The van der Waals surface area contributed by atoms with Gasteiger partial charge in [0.05, 0.1) is 5.54 Å². The first-order chi connectivity index (χ1) is 5.97. The van der Waals surface area contributed by atoms with Gasteiger partial charge in [-0.1, -0.05) is 6.58 Å². The number of hydrogen-bond donors (Lipinski definition) is 1. The molecule has 0 aromatic heterocycles. The van der Waals surface area contributed by atoms with Gasteiger partial charge >= 0.3 is 0 Å². The van der Waals surface area contributed by atoms with Crippen LogP contribution < -0.4 is 5.32 Å². The standard InChI is InChI=1S/C9H14N2O2/c1-4-8(13)11-5-7(12)10-6-9(11,2)3/h4H,1,5-6H2,2-3H3,(H,10,12). The van der Waals surface area contributed by atoms with Crippen LogP contribution in [0.3, 0.4) is 0 Å². The maximum Gasteiger partial charge on any atom is 0.246 e. The molecular weight excluding hydrogens is 168 g/mol. The summed E-state index contributed by atoms with van der Waals surface area (Å²) in [6, 6.07) is 0. The summed E-state index contributed by atoms with van der Waals surface area (Å²) in [4.78, 5) is 23.9. The van der Waals surface area contributed by atoms with Crippen LogP contribution in [0.1, 0.15) is 13.8 Å².